The van der Waals surface area contributed by atoms with Crippen molar-refractivity contribution in [1.82, 2.24) is 0 Å². The van der Waals surface area contributed by atoms with Gasteiger partial charge in [0, 0.05) is 5.92 Å². The molecule has 222 valence electrons. The van der Waals surface area contributed by atoms with Gasteiger partial charge in [0.1, 0.15) is 0 Å². The van der Waals surface area contributed by atoms with Crippen LogP contribution >= 0.6 is 0 Å². The molecule has 1 unspecified atom stereocenters. The van der Waals surface area contributed by atoms with E-state index >= 15 is 0 Å². The summed E-state index contributed by atoms with van der Waals surface area (Å²) in [6.07, 6.45) is 6.50. The van der Waals surface area contributed by atoms with Gasteiger partial charge >= 0.3 is 6.18 Å². The highest BCUT2D eigenvalue weighted by Gasteiger charge is 2.66. The van der Waals surface area contributed by atoms with Crippen LogP contribution < -0.4 is 0 Å². The van der Waals surface area contributed by atoms with Gasteiger partial charge in [-0.2, -0.15) is 13.2 Å². The van der Waals surface area contributed by atoms with Gasteiger partial charge < -0.3 is 4.43 Å². The highest BCUT2D eigenvalue weighted by Crippen LogP contribution is 2.69. The Morgan fingerprint density at radius 3 is 2.27 bits per heavy atom. The van der Waals surface area contributed by atoms with Crippen molar-refractivity contribution in [2.45, 2.75) is 110 Å². The molecule has 40 heavy (non-hydrogen) atoms. The lowest BCUT2D eigenvalue weighted by Gasteiger charge is -2.63. The van der Waals surface area contributed by atoms with E-state index in [2.05, 4.69) is 20.8 Å². The normalized spacial score (nSPS) is 40.8. The van der Waals surface area contributed by atoms with Crippen molar-refractivity contribution in [2.24, 2.45) is 46.3 Å². The van der Waals surface area contributed by atoms with Gasteiger partial charge in [-0.05, 0) is 129 Å². The van der Waals surface area contributed by atoms with Crippen molar-refractivity contribution in [3.05, 3.63) is 42.0 Å². The van der Waals surface area contributed by atoms with Crippen molar-refractivity contribution in [1.29, 1.82) is 0 Å². The molecule has 4 aliphatic rings. The van der Waals surface area contributed by atoms with Gasteiger partial charge in [-0.25, -0.2) is 0 Å². The van der Waals surface area contributed by atoms with Crippen LogP contribution in [0.1, 0.15) is 84.1 Å². The first kappa shape index (κ1) is 30.1. The maximum atomic E-state index is 14.6. The molecule has 0 heterocycles. The molecular formula is C34H49F3O2Si. The Balaban J connectivity index is 1.32. The topological polar surface area (TPSA) is 26.3 Å². The summed E-state index contributed by atoms with van der Waals surface area (Å²) < 4.78 is 49.7. The molecule has 2 nitrogen and oxygen atoms in total. The highest BCUT2D eigenvalue weighted by atomic mass is 28.4. The van der Waals surface area contributed by atoms with Gasteiger partial charge in [0.2, 0.25) is 0 Å². The fraction of sp³-hybridized carbons (Fsp3) is 0.735. The first-order valence-corrected chi connectivity index (χ1v) is 19.0. The quantitative estimate of drug-likeness (QED) is 0.250. The molecule has 0 bridgehead atoms. The third kappa shape index (κ3) is 5.18. The zero-order valence-corrected chi connectivity index (χ0v) is 26.3. The van der Waals surface area contributed by atoms with E-state index < -0.39 is 20.1 Å². The van der Waals surface area contributed by atoms with E-state index in [1.807, 2.05) is 56.0 Å². The average Bonchev–Trinajstić information content (AvgIpc) is 3.23. The summed E-state index contributed by atoms with van der Waals surface area (Å²) in [6, 6.07) is 9.98. The average molecular weight is 575 g/mol. The minimum Gasteiger partial charge on any atom is -0.404 e. The molecule has 0 spiro atoms. The van der Waals surface area contributed by atoms with Crippen molar-refractivity contribution in [3.63, 3.8) is 0 Å². The number of hydrogen-bond donors (Lipinski definition) is 0. The van der Waals surface area contributed by atoms with Crippen LogP contribution in [-0.4, -0.2) is 25.9 Å². The summed E-state index contributed by atoms with van der Waals surface area (Å²) in [5, 5.41) is 0. The molecule has 1 aromatic rings. The number of halogens is 3. The molecule has 0 radical (unpaired) electrons. The van der Waals surface area contributed by atoms with Crippen molar-refractivity contribution >= 4 is 20.2 Å². The van der Waals surface area contributed by atoms with Crippen LogP contribution in [0.2, 0.25) is 19.6 Å². The molecule has 9 atom stereocenters. The van der Waals surface area contributed by atoms with Crippen LogP contribution in [0.25, 0.3) is 6.08 Å². The van der Waals surface area contributed by atoms with Crippen LogP contribution in [0.4, 0.5) is 13.2 Å². The van der Waals surface area contributed by atoms with Crippen LogP contribution in [0, 0.1) is 46.3 Å². The molecule has 0 aromatic heterocycles. The lowest BCUT2D eigenvalue weighted by Crippen LogP contribution is -2.61. The molecule has 4 saturated carbocycles. The van der Waals surface area contributed by atoms with Gasteiger partial charge in [-0.15, -0.1) is 0 Å². The Hall–Kier alpha value is -1.40. The number of benzene rings is 1. The third-order valence-electron chi connectivity index (χ3n) is 12.1. The van der Waals surface area contributed by atoms with E-state index in [4.69, 9.17) is 4.43 Å². The SMILES string of the molecule is C[C@H](C(=O)/C=C/c1ccccc1)[C@H]1CC[C@H]2[C@@H]3CC[C@H]4CC(O[Si](C)(C)C)(C(F)(F)F)CC[C@]4(C)[C@H]3CC[C@]12C. The first-order valence-electron chi connectivity index (χ1n) is 15.6. The van der Waals surface area contributed by atoms with Crippen molar-refractivity contribution in [3.8, 4) is 0 Å². The Labute approximate surface area is 240 Å². The highest BCUT2D eigenvalue weighted by molar-refractivity contribution is 6.69. The van der Waals surface area contributed by atoms with E-state index in [0.717, 1.165) is 44.1 Å². The molecule has 4 aliphatic carbocycles. The third-order valence-corrected chi connectivity index (χ3v) is 13.1. The summed E-state index contributed by atoms with van der Waals surface area (Å²) in [4.78, 5) is 13.3. The van der Waals surface area contributed by atoms with E-state index in [0.29, 0.717) is 30.1 Å². The predicted octanol–water partition coefficient (Wildman–Crippen LogP) is 9.72. The van der Waals surface area contributed by atoms with Crippen LogP contribution in [-0.2, 0) is 9.22 Å². The van der Waals surface area contributed by atoms with Gasteiger partial charge in [0.25, 0.3) is 0 Å². The number of carbonyl (C=O) groups is 1. The van der Waals surface area contributed by atoms with E-state index in [1.54, 1.807) is 6.08 Å². The predicted molar refractivity (Wildman–Crippen MR) is 158 cm³/mol. The molecule has 5 rings (SSSR count). The maximum Gasteiger partial charge on any atom is 0.416 e. The largest absolute Gasteiger partial charge is 0.416 e. The Morgan fingerprint density at radius 1 is 0.950 bits per heavy atom. The number of ketones is 1. The molecule has 4 fully saturated rings. The van der Waals surface area contributed by atoms with Gasteiger partial charge in [-0.3, -0.25) is 4.79 Å². The number of rotatable bonds is 6. The molecule has 0 aliphatic heterocycles. The summed E-state index contributed by atoms with van der Waals surface area (Å²) in [7, 11) is -2.38. The summed E-state index contributed by atoms with van der Waals surface area (Å²) in [6.45, 7) is 12.5. The van der Waals surface area contributed by atoms with Crippen LogP contribution in [0.5, 0.6) is 0 Å². The lowest BCUT2D eigenvalue weighted by atomic mass is 9.43. The van der Waals surface area contributed by atoms with E-state index in [9.17, 15) is 18.0 Å². The number of alkyl halides is 3. The Morgan fingerprint density at radius 2 is 1.62 bits per heavy atom. The zero-order valence-electron chi connectivity index (χ0n) is 25.3. The second kappa shape index (κ2) is 10.4. The summed E-state index contributed by atoms with van der Waals surface area (Å²) in [5.41, 5.74) is -0.856. The second-order valence-corrected chi connectivity index (χ2v) is 19.7. The van der Waals surface area contributed by atoms with Crippen LogP contribution in [0.3, 0.4) is 0 Å². The number of allylic oxidation sites excluding steroid dienone is 1. The molecular weight excluding hydrogens is 525 g/mol. The smallest absolute Gasteiger partial charge is 0.404 e. The van der Waals surface area contributed by atoms with Gasteiger partial charge in [0.15, 0.2) is 19.7 Å². The fourth-order valence-electron chi connectivity index (χ4n) is 10.2. The number of hydrogen-bond acceptors (Lipinski definition) is 2. The standard InChI is InChI=1S/C34H49F3O2Si/c1-23(30(38)17-12-24-10-8-7-9-11-24)27-15-16-28-26-14-13-25-22-33(34(35,36)37,39-40(4,5)6)21-20-31(25,2)29(26)18-19-32(27,28)3/h7-12,17,23,25-29H,13-16,18-22H2,1-6H3/b17-12+/t23-,25-,26-,27+,28-,29-,31-,32+,33?/m0/s1. The minimum absolute atomic E-state index is 0.0146. The summed E-state index contributed by atoms with van der Waals surface area (Å²) >= 11 is 0. The van der Waals surface area contributed by atoms with Crippen LogP contribution in [0.15, 0.2) is 36.4 Å². The molecule has 0 saturated heterocycles. The monoisotopic (exact) mass is 574 g/mol. The van der Waals surface area contributed by atoms with Gasteiger partial charge in [0.05, 0.1) is 0 Å². The number of carbonyl (C=O) groups excluding carboxylic acids is 1. The maximum absolute atomic E-state index is 14.6. The van der Waals surface area contributed by atoms with Crippen molar-refractivity contribution in [2.75, 3.05) is 0 Å². The second-order valence-electron chi connectivity index (χ2n) is 15.2. The number of fused-ring (bicyclic) bond motifs is 5. The molecule has 0 N–H and O–H groups in total. The minimum atomic E-state index is -4.33. The molecule has 0 amide bonds. The Bertz CT molecular complexity index is 1110. The molecule has 1 aromatic carbocycles. The first-order chi connectivity index (χ1) is 18.6. The Kier molecular flexibility index (Phi) is 7.81. The molecule has 6 heteroatoms. The van der Waals surface area contributed by atoms with E-state index in [1.165, 1.54) is 0 Å². The zero-order chi connectivity index (χ0) is 29.1. The fourth-order valence-corrected chi connectivity index (χ4v) is 11.7. The lowest BCUT2D eigenvalue weighted by molar-refractivity contribution is -0.282. The summed E-state index contributed by atoms with van der Waals surface area (Å²) in [5.74, 6) is 2.23. The van der Waals surface area contributed by atoms with E-state index in [-0.39, 0.29) is 41.3 Å². The van der Waals surface area contributed by atoms with Crippen molar-refractivity contribution < 1.29 is 22.4 Å². The van der Waals surface area contributed by atoms with Gasteiger partial charge in [-0.1, -0.05) is 57.2 Å².